The number of carbonyl (C=O) groups is 1. The Morgan fingerprint density at radius 2 is 1.88 bits per heavy atom. The number of phenols is 3. The van der Waals surface area contributed by atoms with E-state index in [0.29, 0.717) is 16.7 Å². The molecule has 26 heavy (non-hydrogen) atoms. The number of hydrogen-bond acceptors (Lipinski definition) is 6. The summed E-state index contributed by atoms with van der Waals surface area (Å²) in [5, 5.41) is 38.9. The van der Waals surface area contributed by atoms with Crippen LogP contribution in [-0.4, -0.2) is 32.8 Å². The Balaban J connectivity index is 2.04. The molecule has 0 spiro atoms. The van der Waals surface area contributed by atoms with Crippen molar-refractivity contribution >= 4 is 5.78 Å². The van der Waals surface area contributed by atoms with Gasteiger partial charge < -0.3 is 25.2 Å². The van der Waals surface area contributed by atoms with Gasteiger partial charge in [0.1, 0.15) is 34.7 Å². The lowest BCUT2D eigenvalue weighted by Gasteiger charge is -2.28. The van der Waals surface area contributed by atoms with Crippen LogP contribution in [-0.2, 0) is 6.42 Å². The van der Waals surface area contributed by atoms with Crippen LogP contribution in [0.2, 0.25) is 0 Å². The number of aliphatic hydroxyl groups is 1. The average Bonchev–Trinajstić information content (AvgIpc) is 2.61. The van der Waals surface area contributed by atoms with Gasteiger partial charge in [0.25, 0.3) is 0 Å². The molecule has 0 aromatic heterocycles. The molecule has 0 bridgehead atoms. The fourth-order valence-electron chi connectivity index (χ4n) is 2.94. The Labute approximate surface area is 150 Å². The maximum Gasteiger partial charge on any atom is 0.174 e. The van der Waals surface area contributed by atoms with E-state index in [4.69, 9.17) is 9.84 Å². The van der Waals surface area contributed by atoms with Gasteiger partial charge in [-0.25, -0.2) is 0 Å². The average molecular weight is 356 g/mol. The lowest BCUT2D eigenvalue weighted by Crippen LogP contribution is -2.21. The van der Waals surface area contributed by atoms with Crippen LogP contribution in [0.5, 0.6) is 23.0 Å². The number of rotatable bonds is 4. The number of allylic oxidation sites excluding steroid dienone is 1. The van der Waals surface area contributed by atoms with Crippen molar-refractivity contribution in [2.75, 3.05) is 6.61 Å². The van der Waals surface area contributed by atoms with Gasteiger partial charge in [0.05, 0.1) is 13.0 Å². The zero-order valence-corrected chi connectivity index (χ0v) is 14.3. The lowest BCUT2D eigenvalue weighted by molar-refractivity contribution is 0.0842. The van der Waals surface area contributed by atoms with Gasteiger partial charge in [-0.2, -0.15) is 0 Å². The third-order valence-electron chi connectivity index (χ3n) is 4.42. The first-order chi connectivity index (χ1) is 12.4. The molecule has 136 valence electrons. The smallest absolute Gasteiger partial charge is 0.174 e. The van der Waals surface area contributed by atoms with Crippen LogP contribution >= 0.6 is 0 Å². The molecule has 0 saturated heterocycles. The monoisotopic (exact) mass is 356 g/mol. The van der Waals surface area contributed by atoms with Gasteiger partial charge in [-0.1, -0.05) is 23.8 Å². The molecule has 2 aromatic rings. The third kappa shape index (κ3) is 3.36. The summed E-state index contributed by atoms with van der Waals surface area (Å²) in [6.45, 7) is 1.63. The van der Waals surface area contributed by atoms with E-state index in [2.05, 4.69) is 0 Å². The zero-order chi connectivity index (χ0) is 18.8. The summed E-state index contributed by atoms with van der Waals surface area (Å²) in [5.74, 6) is -0.526. The van der Waals surface area contributed by atoms with Gasteiger partial charge >= 0.3 is 0 Å². The topological polar surface area (TPSA) is 107 Å². The summed E-state index contributed by atoms with van der Waals surface area (Å²) in [7, 11) is 0. The predicted octanol–water partition coefficient (Wildman–Crippen LogP) is 2.99. The summed E-state index contributed by atoms with van der Waals surface area (Å²) in [6.07, 6.45) is 1.43. The van der Waals surface area contributed by atoms with Crippen molar-refractivity contribution in [2.24, 2.45) is 0 Å². The molecule has 0 aliphatic carbocycles. The maximum atomic E-state index is 12.6. The second kappa shape index (κ2) is 7.09. The molecule has 2 aromatic carbocycles. The molecule has 0 saturated carbocycles. The molecule has 3 rings (SSSR count). The van der Waals surface area contributed by atoms with Gasteiger partial charge in [0, 0.05) is 11.6 Å². The van der Waals surface area contributed by atoms with Crippen LogP contribution in [0.3, 0.4) is 0 Å². The van der Waals surface area contributed by atoms with Crippen molar-refractivity contribution in [2.45, 2.75) is 25.9 Å². The van der Waals surface area contributed by atoms with Crippen LogP contribution in [0.4, 0.5) is 0 Å². The molecule has 1 aliphatic heterocycles. The Morgan fingerprint density at radius 1 is 1.19 bits per heavy atom. The maximum absolute atomic E-state index is 12.6. The normalized spacial score (nSPS) is 16.9. The van der Waals surface area contributed by atoms with Crippen molar-refractivity contribution < 1.29 is 30.0 Å². The van der Waals surface area contributed by atoms with Crippen molar-refractivity contribution in [1.82, 2.24) is 0 Å². The highest BCUT2D eigenvalue weighted by Gasteiger charge is 2.33. The standard InChI is InChI=1S/C20H20O6/c1-11(10-21)2-7-14-15(23)8-16(24)19-17(25)9-18(26-20(14)19)12-3-5-13(22)6-4-12/h2-6,8,18,21-24H,7,9-10H2,1H3/b11-2+. The first-order valence-electron chi connectivity index (χ1n) is 8.23. The number of aliphatic hydroxyl groups excluding tert-OH is 1. The minimum Gasteiger partial charge on any atom is -0.508 e. The second-order valence-electron chi connectivity index (χ2n) is 6.34. The predicted molar refractivity (Wildman–Crippen MR) is 94.7 cm³/mol. The van der Waals surface area contributed by atoms with E-state index in [-0.39, 0.29) is 53.8 Å². The summed E-state index contributed by atoms with van der Waals surface area (Å²) in [5.41, 5.74) is 1.85. The molecule has 1 aliphatic rings. The van der Waals surface area contributed by atoms with E-state index in [0.717, 1.165) is 6.07 Å². The molecule has 0 radical (unpaired) electrons. The van der Waals surface area contributed by atoms with Crippen LogP contribution in [0, 0.1) is 0 Å². The Morgan fingerprint density at radius 3 is 2.54 bits per heavy atom. The van der Waals surface area contributed by atoms with Crippen molar-refractivity contribution in [3.05, 3.63) is 58.7 Å². The first kappa shape index (κ1) is 17.8. The number of benzene rings is 2. The Kier molecular flexibility index (Phi) is 4.86. The SMILES string of the molecule is C/C(=C\Cc1c(O)cc(O)c2c1OC(c1ccc(O)cc1)CC2=O)CO. The van der Waals surface area contributed by atoms with Crippen LogP contribution in [0.1, 0.15) is 40.9 Å². The largest absolute Gasteiger partial charge is 0.508 e. The number of fused-ring (bicyclic) bond motifs is 1. The Bertz CT molecular complexity index is 867. The number of aromatic hydroxyl groups is 3. The highest BCUT2D eigenvalue weighted by atomic mass is 16.5. The zero-order valence-electron chi connectivity index (χ0n) is 14.3. The lowest BCUT2D eigenvalue weighted by atomic mass is 9.92. The molecule has 0 amide bonds. The number of ether oxygens (including phenoxy) is 1. The summed E-state index contributed by atoms with van der Waals surface area (Å²) in [4.78, 5) is 12.6. The van der Waals surface area contributed by atoms with Gasteiger partial charge in [0.2, 0.25) is 0 Å². The fourth-order valence-corrected chi connectivity index (χ4v) is 2.94. The van der Waals surface area contributed by atoms with Gasteiger partial charge in [-0.05, 0) is 31.0 Å². The van der Waals surface area contributed by atoms with Crippen molar-refractivity contribution in [3.63, 3.8) is 0 Å². The molecule has 1 heterocycles. The summed E-state index contributed by atoms with van der Waals surface area (Å²) < 4.78 is 5.97. The van der Waals surface area contributed by atoms with E-state index in [1.54, 1.807) is 25.1 Å². The number of ketones is 1. The minimum atomic E-state index is -0.585. The van der Waals surface area contributed by atoms with E-state index in [1.807, 2.05) is 0 Å². The van der Waals surface area contributed by atoms with E-state index >= 15 is 0 Å². The van der Waals surface area contributed by atoms with E-state index in [1.165, 1.54) is 12.1 Å². The molecule has 0 fully saturated rings. The van der Waals surface area contributed by atoms with Crippen LogP contribution in [0.15, 0.2) is 42.0 Å². The number of Topliss-reactive ketones (excluding diaryl/α,β-unsaturated/α-hetero) is 1. The number of phenolic OH excluding ortho intramolecular Hbond substituents is 3. The quantitative estimate of drug-likeness (QED) is 0.628. The second-order valence-corrected chi connectivity index (χ2v) is 6.34. The van der Waals surface area contributed by atoms with E-state index < -0.39 is 6.10 Å². The molecule has 1 atom stereocenters. The molecule has 6 heteroatoms. The minimum absolute atomic E-state index is 0.0427. The fraction of sp³-hybridized carbons (Fsp3) is 0.250. The molecule has 1 unspecified atom stereocenters. The van der Waals surface area contributed by atoms with Crippen LogP contribution in [0.25, 0.3) is 0 Å². The Hall–Kier alpha value is -2.99. The third-order valence-corrected chi connectivity index (χ3v) is 4.42. The summed E-state index contributed by atoms with van der Waals surface area (Å²) in [6, 6.07) is 7.48. The van der Waals surface area contributed by atoms with Crippen molar-refractivity contribution in [3.8, 4) is 23.0 Å². The highest BCUT2D eigenvalue weighted by molar-refractivity contribution is 6.03. The number of carbonyl (C=O) groups excluding carboxylic acids is 1. The molecule has 6 nitrogen and oxygen atoms in total. The van der Waals surface area contributed by atoms with Gasteiger partial charge in [-0.3, -0.25) is 4.79 Å². The first-order valence-corrected chi connectivity index (χ1v) is 8.23. The molecular formula is C20H20O6. The van der Waals surface area contributed by atoms with Crippen LogP contribution < -0.4 is 4.74 Å². The van der Waals surface area contributed by atoms with E-state index in [9.17, 15) is 20.1 Å². The molecular weight excluding hydrogens is 336 g/mol. The van der Waals surface area contributed by atoms with Crippen molar-refractivity contribution in [1.29, 1.82) is 0 Å². The van der Waals surface area contributed by atoms with Gasteiger partial charge in [-0.15, -0.1) is 0 Å². The molecule has 4 N–H and O–H groups in total. The summed E-state index contributed by atoms with van der Waals surface area (Å²) >= 11 is 0. The highest BCUT2D eigenvalue weighted by Crippen LogP contribution is 2.45. The number of hydrogen-bond donors (Lipinski definition) is 4. The van der Waals surface area contributed by atoms with Gasteiger partial charge in [0.15, 0.2) is 5.78 Å².